The van der Waals surface area contributed by atoms with Crippen LogP contribution in [0.25, 0.3) is 11.1 Å². The van der Waals surface area contributed by atoms with E-state index in [1.807, 2.05) is 5.06 Å². The molecule has 0 aromatic heterocycles. The van der Waals surface area contributed by atoms with Crippen molar-refractivity contribution in [3.8, 4) is 11.1 Å². The predicted octanol–water partition coefficient (Wildman–Crippen LogP) is 4.30. The minimum absolute atomic E-state index is 0.200. The quantitative estimate of drug-likeness (QED) is 0.835. The van der Waals surface area contributed by atoms with Crippen LogP contribution in [0, 0.1) is 17.5 Å². The summed E-state index contributed by atoms with van der Waals surface area (Å²) >= 11 is 0. The monoisotopic (exact) mass is 307 g/mol. The average molecular weight is 307 g/mol. The van der Waals surface area contributed by atoms with Crippen molar-refractivity contribution < 1.29 is 18.0 Å². The largest absolute Gasteiger partial charge is 0.294 e. The van der Waals surface area contributed by atoms with E-state index >= 15 is 0 Å². The number of hydrogen-bond donors (Lipinski definition) is 0. The van der Waals surface area contributed by atoms with Crippen molar-refractivity contribution in [3.63, 3.8) is 0 Å². The molecule has 0 bridgehead atoms. The molecule has 116 valence electrons. The molecule has 1 aliphatic rings. The highest BCUT2D eigenvalue weighted by Gasteiger charge is 2.14. The second-order valence-corrected chi connectivity index (χ2v) is 5.34. The first-order chi connectivity index (χ1) is 10.6. The topological polar surface area (TPSA) is 12.5 Å². The number of hydroxylamine groups is 2. The first kappa shape index (κ1) is 15.1. The van der Waals surface area contributed by atoms with Crippen molar-refractivity contribution in [1.82, 2.24) is 5.06 Å². The van der Waals surface area contributed by atoms with E-state index in [1.165, 1.54) is 18.2 Å². The van der Waals surface area contributed by atoms with Crippen molar-refractivity contribution in [2.24, 2.45) is 0 Å². The predicted molar refractivity (Wildman–Crippen MR) is 77.3 cm³/mol. The Labute approximate surface area is 127 Å². The van der Waals surface area contributed by atoms with Gasteiger partial charge in [0.05, 0.1) is 6.61 Å². The summed E-state index contributed by atoms with van der Waals surface area (Å²) in [6, 6.07) is 7.89. The molecule has 1 aliphatic heterocycles. The summed E-state index contributed by atoms with van der Waals surface area (Å²) in [5, 5.41) is 1.85. The molecule has 2 aromatic carbocycles. The van der Waals surface area contributed by atoms with Gasteiger partial charge in [0.25, 0.3) is 0 Å². The van der Waals surface area contributed by atoms with Crippen LogP contribution in [0.5, 0.6) is 0 Å². The van der Waals surface area contributed by atoms with Crippen LogP contribution in [0.15, 0.2) is 36.4 Å². The Morgan fingerprint density at radius 1 is 0.909 bits per heavy atom. The molecule has 2 aromatic rings. The molecule has 1 saturated heterocycles. The number of rotatable bonds is 4. The van der Waals surface area contributed by atoms with Gasteiger partial charge in [-0.05, 0) is 53.8 Å². The SMILES string of the molecule is Fc1ccc(-c2ccc(F)c(F)c2)c(CON2CCCC2)c1. The van der Waals surface area contributed by atoms with Crippen LogP contribution < -0.4 is 0 Å². The highest BCUT2D eigenvalue weighted by atomic mass is 19.2. The Morgan fingerprint density at radius 3 is 2.41 bits per heavy atom. The lowest BCUT2D eigenvalue weighted by Gasteiger charge is -2.17. The number of benzene rings is 2. The van der Waals surface area contributed by atoms with Crippen LogP contribution >= 0.6 is 0 Å². The average Bonchev–Trinajstić information content (AvgIpc) is 3.02. The van der Waals surface area contributed by atoms with E-state index in [0.29, 0.717) is 16.7 Å². The van der Waals surface area contributed by atoms with Crippen LogP contribution in [0.4, 0.5) is 13.2 Å². The normalized spacial score (nSPS) is 15.4. The molecule has 2 nitrogen and oxygen atoms in total. The number of hydrogen-bond acceptors (Lipinski definition) is 2. The Balaban J connectivity index is 1.87. The summed E-state index contributed by atoms with van der Waals surface area (Å²) in [6.07, 6.45) is 2.17. The van der Waals surface area contributed by atoms with E-state index in [4.69, 9.17) is 4.84 Å². The van der Waals surface area contributed by atoms with Crippen LogP contribution in [-0.2, 0) is 11.4 Å². The number of nitrogens with zero attached hydrogens (tertiary/aromatic N) is 1. The van der Waals surface area contributed by atoms with Crippen LogP contribution in [-0.4, -0.2) is 18.2 Å². The Hall–Kier alpha value is -1.85. The van der Waals surface area contributed by atoms with Crippen LogP contribution in [0.2, 0.25) is 0 Å². The standard InChI is InChI=1S/C17H16F3NO/c18-14-4-5-15(12-3-6-16(19)17(20)10-12)13(9-14)11-22-21-7-1-2-8-21/h3-6,9-10H,1-2,7-8,11H2. The van der Waals surface area contributed by atoms with Gasteiger partial charge in [-0.3, -0.25) is 4.84 Å². The highest BCUT2D eigenvalue weighted by molar-refractivity contribution is 5.67. The molecule has 0 radical (unpaired) electrons. The zero-order valence-corrected chi connectivity index (χ0v) is 12.0. The second kappa shape index (κ2) is 6.50. The molecule has 0 atom stereocenters. The molecule has 1 fully saturated rings. The zero-order chi connectivity index (χ0) is 15.5. The van der Waals surface area contributed by atoms with Gasteiger partial charge in [-0.2, -0.15) is 5.06 Å². The maximum atomic E-state index is 13.5. The third-order valence-electron chi connectivity index (χ3n) is 3.77. The van der Waals surface area contributed by atoms with E-state index in [0.717, 1.165) is 38.1 Å². The van der Waals surface area contributed by atoms with Crippen molar-refractivity contribution in [1.29, 1.82) is 0 Å². The summed E-state index contributed by atoms with van der Waals surface area (Å²) in [6.45, 7) is 1.91. The van der Waals surface area contributed by atoms with Gasteiger partial charge in [-0.1, -0.05) is 12.1 Å². The zero-order valence-electron chi connectivity index (χ0n) is 12.0. The fraction of sp³-hybridized carbons (Fsp3) is 0.294. The van der Waals surface area contributed by atoms with Gasteiger partial charge in [0, 0.05) is 13.1 Å². The molecule has 0 aliphatic carbocycles. The molecule has 22 heavy (non-hydrogen) atoms. The van der Waals surface area contributed by atoms with Gasteiger partial charge in [-0.15, -0.1) is 0 Å². The first-order valence-electron chi connectivity index (χ1n) is 7.25. The lowest BCUT2D eigenvalue weighted by Crippen LogP contribution is -2.19. The first-order valence-corrected chi connectivity index (χ1v) is 7.25. The van der Waals surface area contributed by atoms with Gasteiger partial charge >= 0.3 is 0 Å². The highest BCUT2D eigenvalue weighted by Crippen LogP contribution is 2.27. The summed E-state index contributed by atoms with van der Waals surface area (Å²) < 4.78 is 40.0. The molecule has 0 amide bonds. The van der Waals surface area contributed by atoms with E-state index in [2.05, 4.69) is 0 Å². The van der Waals surface area contributed by atoms with E-state index in [1.54, 1.807) is 6.07 Å². The fourth-order valence-electron chi connectivity index (χ4n) is 2.61. The molecule has 0 N–H and O–H groups in total. The lowest BCUT2D eigenvalue weighted by molar-refractivity contribution is -0.153. The summed E-state index contributed by atoms with van der Waals surface area (Å²) in [5.41, 5.74) is 1.75. The smallest absolute Gasteiger partial charge is 0.159 e. The third-order valence-corrected chi connectivity index (χ3v) is 3.77. The maximum absolute atomic E-state index is 13.5. The lowest BCUT2D eigenvalue weighted by atomic mass is 10.00. The molecular formula is C17H16F3NO. The van der Waals surface area contributed by atoms with Gasteiger partial charge in [0.2, 0.25) is 0 Å². The second-order valence-electron chi connectivity index (χ2n) is 5.34. The van der Waals surface area contributed by atoms with E-state index in [9.17, 15) is 13.2 Å². The molecule has 0 saturated carbocycles. The Kier molecular flexibility index (Phi) is 4.45. The minimum Gasteiger partial charge on any atom is -0.294 e. The van der Waals surface area contributed by atoms with E-state index in [-0.39, 0.29) is 12.4 Å². The molecule has 5 heteroatoms. The third kappa shape index (κ3) is 3.31. The van der Waals surface area contributed by atoms with Crippen molar-refractivity contribution in [2.45, 2.75) is 19.4 Å². The molecule has 1 heterocycles. The number of halogens is 3. The summed E-state index contributed by atoms with van der Waals surface area (Å²) in [5.74, 6) is -2.21. The molecule has 3 rings (SSSR count). The van der Waals surface area contributed by atoms with Crippen molar-refractivity contribution in [3.05, 3.63) is 59.4 Å². The van der Waals surface area contributed by atoms with Gasteiger partial charge in [0.15, 0.2) is 11.6 Å². The van der Waals surface area contributed by atoms with E-state index < -0.39 is 11.6 Å². The van der Waals surface area contributed by atoms with Gasteiger partial charge < -0.3 is 0 Å². The Morgan fingerprint density at radius 2 is 1.68 bits per heavy atom. The Bertz CT molecular complexity index is 669. The molecule has 0 spiro atoms. The van der Waals surface area contributed by atoms with Crippen molar-refractivity contribution in [2.75, 3.05) is 13.1 Å². The summed E-state index contributed by atoms with van der Waals surface area (Å²) in [4.78, 5) is 5.66. The maximum Gasteiger partial charge on any atom is 0.159 e. The van der Waals surface area contributed by atoms with Gasteiger partial charge in [-0.25, -0.2) is 13.2 Å². The molecular weight excluding hydrogens is 291 g/mol. The summed E-state index contributed by atoms with van der Waals surface area (Å²) in [7, 11) is 0. The van der Waals surface area contributed by atoms with Crippen LogP contribution in [0.3, 0.4) is 0 Å². The van der Waals surface area contributed by atoms with Crippen molar-refractivity contribution >= 4 is 0 Å². The fourth-order valence-corrected chi connectivity index (χ4v) is 2.61. The minimum atomic E-state index is -0.923. The van der Waals surface area contributed by atoms with Crippen LogP contribution in [0.1, 0.15) is 18.4 Å². The molecule has 0 unspecified atom stereocenters. The van der Waals surface area contributed by atoms with Gasteiger partial charge in [0.1, 0.15) is 5.82 Å².